The molecule has 1 aliphatic carbocycles. The highest BCUT2D eigenvalue weighted by atomic mass is 79.9. The number of halogens is 2. The summed E-state index contributed by atoms with van der Waals surface area (Å²) >= 11 is 7.49. The Morgan fingerprint density at radius 2 is 1.74 bits per heavy atom. The quantitative estimate of drug-likeness (QED) is 0.543. The van der Waals surface area contributed by atoms with Crippen molar-refractivity contribution >= 4 is 31.9 Å². The molecule has 3 heteroatoms. The van der Waals surface area contributed by atoms with E-state index in [9.17, 15) is 0 Å². The van der Waals surface area contributed by atoms with Crippen molar-refractivity contribution in [3.8, 4) is 0 Å². The van der Waals surface area contributed by atoms with Crippen molar-refractivity contribution in [2.45, 2.75) is 76.9 Å². The highest BCUT2D eigenvalue weighted by Gasteiger charge is 2.44. The van der Waals surface area contributed by atoms with Crippen molar-refractivity contribution in [1.29, 1.82) is 0 Å². The van der Waals surface area contributed by atoms with Crippen molar-refractivity contribution in [2.24, 2.45) is 11.3 Å². The van der Waals surface area contributed by atoms with Crippen LogP contribution >= 0.6 is 31.9 Å². The minimum absolute atomic E-state index is 0.268. The van der Waals surface area contributed by atoms with Gasteiger partial charge in [0.25, 0.3) is 0 Å². The number of ether oxygens (including phenoxy) is 1. The Balaban J connectivity index is 1.96. The van der Waals surface area contributed by atoms with Crippen LogP contribution in [0.4, 0.5) is 0 Å². The van der Waals surface area contributed by atoms with Crippen LogP contribution in [0.5, 0.6) is 0 Å². The number of alkyl halides is 2. The summed E-state index contributed by atoms with van der Waals surface area (Å²) in [5.41, 5.74) is 0.606. The fourth-order valence-electron chi connectivity index (χ4n) is 3.75. The van der Waals surface area contributed by atoms with Crippen LogP contribution in [0.15, 0.2) is 0 Å². The van der Waals surface area contributed by atoms with Gasteiger partial charge in [0.1, 0.15) is 0 Å². The van der Waals surface area contributed by atoms with E-state index in [1.807, 2.05) is 0 Å². The van der Waals surface area contributed by atoms with Crippen LogP contribution in [0.2, 0.25) is 0 Å². The molecular formula is C16H28Br2O. The van der Waals surface area contributed by atoms with E-state index in [4.69, 9.17) is 4.74 Å². The number of hydrogen-bond donors (Lipinski definition) is 0. The van der Waals surface area contributed by atoms with E-state index in [0.717, 1.165) is 10.7 Å². The van der Waals surface area contributed by atoms with Crippen LogP contribution in [0.3, 0.4) is 0 Å². The first kappa shape index (κ1) is 16.3. The zero-order valence-electron chi connectivity index (χ0n) is 12.4. The van der Waals surface area contributed by atoms with Crippen LogP contribution < -0.4 is 0 Å². The molecule has 0 bridgehead atoms. The van der Waals surface area contributed by atoms with Crippen LogP contribution in [-0.4, -0.2) is 22.4 Å². The summed E-state index contributed by atoms with van der Waals surface area (Å²) in [5, 5.41) is 2.13. The molecule has 2 rings (SSSR count). The summed E-state index contributed by atoms with van der Waals surface area (Å²) < 4.78 is 6.56. The van der Waals surface area contributed by atoms with E-state index >= 15 is 0 Å². The van der Waals surface area contributed by atoms with E-state index < -0.39 is 0 Å². The SMILES string of the molecule is CC(C)C(CBr)(CBr)CC1CCC2(CCCCC2)O1. The lowest BCUT2D eigenvalue weighted by atomic mass is 9.76. The number of rotatable bonds is 5. The molecule has 2 aliphatic rings. The molecule has 1 aliphatic heterocycles. The second-order valence-electron chi connectivity index (χ2n) is 7.01. The zero-order chi connectivity index (χ0) is 13.9. The molecule has 112 valence electrons. The standard InChI is InChI=1S/C16H28Br2O/c1-13(2)15(11-17,12-18)10-14-6-9-16(19-14)7-4-3-5-8-16/h13-14H,3-12H2,1-2H3. The summed E-state index contributed by atoms with van der Waals surface area (Å²) in [4.78, 5) is 0. The summed E-state index contributed by atoms with van der Waals surface area (Å²) in [5.74, 6) is 0.678. The molecule has 1 spiro atoms. The topological polar surface area (TPSA) is 9.23 Å². The van der Waals surface area contributed by atoms with Gasteiger partial charge in [-0.25, -0.2) is 0 Å². The molecule has 1 saturated heterocycles. The molecule has 0 amide bonds. The number of hydrogen-bond acceptors (Lipinski definition) is 1. The summed E-state index contributed by atoms with van der Waals surface area (Å²) in [6, 6.07) is 0. The molecule has 1 unspecified atom stereocenters. The molecular weight excluding hydrogens is 368 g/mol. The van der Waals surface area contributed by atoms with E-state index in [1.54, 1.807) is 0 Å². The van der Waals surface area contributed by atoms with Crippen LogP contribution in [0.1, 0.15) is 65.2 Å². The zero-order valence-corrected chi connectivity index (χ0v) is 15.6. The van der Waals surface area contributed by atoms with E-state index in [1.165, 1.54) is 51.4 Å². The van der Waals surface area contributed by atoms with E-state index in [-0.39, 0.29) is 5.60 Å². The lowest BCUT2D eigenvalue weighted by molar-refractivity contribution is -0.0767. The predicted octanol–water partition coefficient (Wildman–Crippen LogP) is 5.69. The predicted molar refractivity (Wildman–Crippen MR) is 89.4 cm³/mol. The molecule has 1 saturated carbocycles. The van der Waals surface area contributed by atoms with Gasteiger partial charge in [0.2, 0.25) is 0 Å². The van der Waals surface area contributed by atoms with Gasteiger partial charge in [-0.05, 0) is 43.4 Å². The van der Waals surface area contributed by atoms with Crippen molar-refractivity contribution in [3.63, 3.8) is 0 Å². The second kappa shape index (κ2) is 6.79. The van der Waals surface area contributed by atoms with Crippen LogP contribution in [0, 0.1) is 11.3 Å². The molecule has 2 fully saturated rings. The van der Waals surface area contributed by atoms with Gasteiger partial charge in [-0.15, -0.1) is 0 Å². The Labute approximate surface area is 135 Å². The molecule has 1 atom stereocenters. The average molecular weight is 396 g/mol. The van der Waals surface area contributed by atoms with Crippen molar-refractivity contribution in [2.75, 3.05) is 10.7 Å². The van der Waals surface area contributed by atoms with Gasteiger partial charge < -0.3 is 4.74 Å². The Bertz CT molecular complexity index is 280. The highest BCUT2D eigenvalue weighted by molar-refractivity contribution is 9.09. The highest BCUT2D eigenvalue weighted by Crippen LogP contribution is 2.46. The Morgan fingerprint density at radius 1 is 1.11 bits per heavy atom. The first-order valence-electron chi connectivity index (χ1n) is 7.86. The van der Waals surface area contributed by atoms with Gasteiger partial charge in [-0.3, -0.25) is 0 Å². The lowest BCUT2D eigenvalue weighted by Gasteiger charge is -2.38. The van der Waals surface area contributed by atoms with Crippen molar-refractivity contribution in [3.05, 3.63) is 0 Å². The Hall–Kier alpha value is 0.920. The summed E-state index contributed by atoms with van der Waals surface area (Å²) in [6.45, 7) is 4.68. The Kier molecular flexibility index (Phi) is 5.82. The third-order valence-electron chi connectivity index (χ3n) is 5.49. The smallest absolute Gasteiger partial charge is 0.0687 e. The van der Waals surface area contributed by atoms with Crippen LogP contribution in [-0.2, 0) is 4.74 Å². The Morgan fingerprint density at radius 3 is 2.26 bits per heavy atom. The van der Waals surface area contributed by atoms with Gasteiger partial charge in [-0.1, -0.05) is 65.0 Å². The van der Waals surface area contributed by atoms with Gasteiger partial charge in [0.15, 0.2) is 0 Å². The summed E-state index contributed by atoms with van der Waals surface area (Å²) in [6.07, 6.45) is 11.0. The fourth-order valence-corrected chi connectivity index (χ4v) is 6.43. The summed E-state index contributed by atoms with van der Waals surface area (Å²) in [7, 11) is 0. The van der Waals surface area contributed by atoms with E-state index in [0.29, 0.717) is 17.4 Å². The lowest BCUT2D eigenvalue weighted by Crippen LogP contribution is -2.37. The van der Waals surface area contributed by atoms with Crippen molar-refractivity contribution < 1.29 is 4.74 Å². The van der Waals surface area contributed by atoms with Crippen molar-refractivity contribution in [1.82, 2.24) is 0 Å². The molecule has 1 heterocycles. The maximum absolute atomic E-state index is 6.56. The van der Waals surface area contributed by atoms with Gasteiger partial charge in [0.05, 0.1) is 11.7 Å². The van der Waals surface area contributed by atoms with Gasteiger partial charge in [0, 0.05) is 10.7 Å². The maximum Gasteiger partial charge on any atom is 0.0687 e. The van der Waals surface area contributed by atoms with Gasteiger partial charge in [-0.2, -0.15) is 0 Å². The monoisotopic (exact) mass is 394 g/mol. The molecule has 1 nitrogen and oxygen atoms in total. The molecule has 0 radical (unpaired) electrons. The van der Waals surface area contributed by atoms with Gasteiger partial charge >= 0.3 is 0 Å². The maximum atomic E-state index is 6.56. The molecule has 0 aromatic carbocycles. The largest absolute Gasteiger partial charge is 0.372 e. The minimum atomic E-state index is 0.268. The first-order chi connectivity index (χ1) is 9.06. The molecule has 0 N–H and O–H groups in total. The molecule has 0 aromatic heterocycles. The average Bonchev–Trinajstić information content (AvgIpc) is 2.79. The normalized spacial score (nSPS) is 27.3. The molecule has 0 aromatic rings. The minimum Gasteiger partial charge on any atom is -0.372 e. The van der Waals surface area contributed by atoms with Crippen LogP contribution in [0.25, 0.3) is 0 Å². The third kappa shape index (κ3) is 3.58. The molecule has 19 heavy (non-hydrogen) atoms. The fraction of sp³-hybridized carbons (Fsp3) is 1.00. The van der Waals surface area contributed by atoms with E-state index in [2.05, 4.69) is 45.7 Å². The first-order valence-corrected chi connectivity index (χ1v) is 10.1. The third-order valence-corrected chi connectivity index (χ3v) is 7.73. The second-order valence-corrected chi connectivity index (χ2v) is 8.13.